The second-order valence-electron chi connectivity index (χ2n) is 10.1. The van der Waals surface area contributed by atoms with Crippen molar-refractivity contribution in [2.24, 2.45) is 4.99 Å². The Morgan fingerprint density at radius 1 is 1.02 bits per heavy atom. The Bertz CT molecular complexity index is 1860. The Hall–Kier alpha value is -4.50. The molecular formula is C33H32N2O6S. The molecule has 0 spiro atoms. The van der Waals surface area contributed by atoms with Crippen LogP contribution in [0.4, 0.5) is 0 Å². The van der Waals surface area contributed by atoms with Crippen LogP contribution in [-0.4, -0.2) is 29.7 Å². The molecule has 2 aromatic heterocycles. The van der Waals surface area contributed by atoms with Crippen LogP contribution in [0, 0.1) is 0 Å². The van der Waals surface area contributed by atoms with Gasteiger partial charge in [0.05, 0.1) is 40.6 Å². The first-order valence-corrected chi connectivity index (χ1v) is 14.7. The average molecular weight is 585 g/mol. The van der Waals surface area contributed by atoms with Crippen molar-refractivity contribution in [1.82, 2.24) is 4.57 Å². The number of ether oxygens (including phenoxy) is 2. The number of allylic oxidation sites excluding steroid dienone is 1. The summed E-state index contributed by atoms with van der Waals surface area (Å²) >= 11 is 1.23. The molecule has 0 amide bonds. The Balaban J connectivity index is 1.57. The van der Waals surface area contributed by atoms with Crippen molar-refractivity contribution in [2.75, 3.05) is 13.2 Å². The molecule has 9 heteroatoms. The lowest BCUT2D eigenvalue weighted by atomic mass is 9.93. The smallest absolute Gasteiger partial charge is 0.338 e. The molecule has 1 aliphatic rings. The number of hydrogen-bond acceptors (Lipinski definition) is 8. The van der Waals surface area contributed by atoms with Gasteiger partial charge in [0.2, 0.25) is 0 Å². The molecule has 1 unspecified atom stereocenters. The van der Waals surface area contributed by atoms with Gasteiger partial charge >= 0.3 is 11.9 Å². The number of rotatable bonds is 8. The molecule has 8 nitrogen and oxygen atoms in total. The summed E-state index contributed by atoms with van der Waals surface area (Å²) in [6.45, 7) is 10.0. The van der Waals surface area contributed by atoms with Crippen LogP contribution in [0.2, 0.25) is 0 Å². The normalized spacial score (nSPS) is 15.0. The van der Waals surface area contributed by atoms with Crippen LogP contribution in [0.3, 0.4) is 0 Å². The molecule has 2 aromatic carbocycles. The Kier molecular flexibility index (Phi) is 8.40. The first-order chi connectivity index (χ1) is 20.2. The maximum absolute atomic E-state index is 13.9. The molecule has 0 aliphatic carbocycles. The van der Waals surface area contributed by atoms with Gasteiger partial charge in [0.1, 0.15) is 11.5 Å². The van der Waals surface area contributed by atoms with Crippen LogP contribution in [0.5, 0.6) is 0 Å². The zero-order valence-corrected chi connectivity index (χ0v) is 25.0. The van der Waals surface area contributed by atoms with E-state index in [-0.39, 0.29) is 18.8 Å². The third kappa shape index (κ3) is 5.65. The van der Waals surface area contributed by atoms with Gasteiger partial charge < -0.3 is 13.9 Å². The van der Waals surface area contributed by atoms with Crippen molar-refractivity contribution in [3.63, 3.8) is 0 Å². The van der Waals surface area contributed by atoms with Crippen molar-refractivity contribution in [1.29, 1.82) is 0 Å². The summed E-state index contributed by atoms with van der Waals surface area (Å²) in [5, 5.41) is 0. The molecule has 5 rings (SSSR count). The zero-order chi connectivity index (χ0) is 30.0. The van der Waals surface area contributed by atoms with Crippen molar-refractivity contribution >= 4 is 29.4 Å². The fourth-order valence-electron chi connectivity index (χ4n) is 4.90. The molecule has 0 saturated carbocycles. The SMILES string of the molecule is CCOC(=O)C1=C(C)N=c2sc(=Cc3ccc(-c4cccc(C(=O)OCC)c4)o3)c(=O)n2C1c1ccc(C(C)C)cc1. The van der Waals surface area contributed by atoms with E-state index in [0.29, 0.717) is 49.2 Å². The van der Waals surface area contributed by atoms with Crippen molar-refractivity contribution < 1.29 is 23.5 Å². The fourth-order valence-corrected chi connectivity index (χ4v) is 5.93. The number of benzene rings is 2. The highest BCUT2D eigenvalue weighted by Crippen LogP contribution is 2.31. The van der Waals surface area contributed by atoms with Gasteiger partial charge in [-0.05, 0) is 62.1 Å². The van der Waals surface area contributed by atoms with Crippen molar-refractivity contribution in [3.05, 3.63) is 114 Å². The van der Waals surface area contributed by atoms with Gasteiger partial charge in [-0.25, -0.2) is 14.6 Å². The van der Waals surface area contributed by atoms with Gasteiger partial charge in [-0.3, -0.25) is 9.36 Å². The summed E-state index contributed by atoms with van der Waals surface area (Å²) in [6.07, 6.45) is 1.67. The highest BCUT2D eigenvalue weighted by atomic mass is 32.1. The van der Waals surface area contributed by atoms with Gasteiger partial charge in [-0.15, -0.1) is 0 Å². The minimum atomic E-state index is -0.679. The van der Waals surface area contributed by atoms with Gasteiger partial charge in [0.15, 0.2) is 4.80 Å². The molecule has 0 bridgehead atoms. The Morgan fingerprint density at radius 2 is 1.74 bits per heavy atom. The minimum Gasteiger partial charge on any atom is -0.463 e. The third-order valence-electron chi connectivity index (χ3n) is 6.99. The number of esters is 2. The van der Waals surface area contributed by atoms with Gasteiger partial charge in [0.25, 0.3) is 5.56 Å². The van der Waals surface area contributed by atoms with E-state index in [9.17, 15) is 14.4 Å². The molecule has 216 valence electrons. The molecule has 0 radical (unpaired) electrons. The zero-order valence-electron chi connectivity index (χ0n) is 24.2. The number of fused-ring (bicyclic) bond motifs is 1. The average Bonchev–Trinajstić information content (AvgIpc) is 3.57. The predicted octanol–water partition coefficient (Wildman–Crippen LogP) is 5.36. The maximum atomic E-state index is 13.9. The standard InChI is InChI=1S/C33H32N2O6S/c1-6-39-31(37)24-10-8-9-23(17-24)26-16-15-25(41-26)18-27-30(36)35-29(22-13-11-21(12-14-22)19(3)4)28(32(38)40-7-2)20(5)34-33(35)42-27/h8-19,29H,6-7H2,1-5H3. The molecule has 42 heavy (non-hydrogen) atoms. The fraction of sp³-hybridized carbons (Fsp3) is 0.273. The minimum absolute atomic E-state index is 0.211. The van der Waals surface area contributed by atoms with E-state index in [0.717, 1.165) is 11.1 Å². The molecule has 1 atom stereocenters. The lowest BCUT2D eigenvalue weighted by Crippen LogP contribution is -2.39. The van der Waals surface area contributed by atoms with Gasteiger partial charge in [0, 0.05) is 11.6 Å². The number of nitrogens with zero attached hydrogens (tertiary/aromatic N) is 2. The lowest BCUT2D eigenvalue weighted by Gasteiger charge is -2.25. The van der Waals surface area contributed by atoms with E-state index in [1.165, 1.54) is 11.3 Å². The second kappa shape index (κ2) is 12.2. The molecule has 4 aromatic rings. The van der Waals surface area contributed by atoms with Crippen LogP contribution in [0.25, 0.3) is 17.4 Å². The lowest BCUT2D eigenvalue weighted by molar-refractivity contribution is -0.139. The van der Waals surface area contributed by atoms with Crippen LogP contribution < -0.4 is 14.9 Å². The highest BCUT2D eigenvalue weighted by molar-refractivity contribution is 7.07. The number of hydrogen-bond donors (Lipinski definition) is 0. The van der Waals surface area contributed by atoms with Crippen LogP contribution in [0.15, 0.2) is 86.1 Å². The quantitative estimate of drug-likeness (QED) is 0.259. The topological polar surface area (TPSA) is 100 Å². The van der Waals surface area contributed by atoms with Crippen molar-refractivity contribution in [2.45, 2.75) is 46.6 Å². The summed E-state index contributed by atoms with van der Waals surface area (Å²) in [5.41, 5.74) is 3.66. The number of furan rings is 1. The summed E-state index contributed by atoms with van der Waals surface area (Å²) < 4.78 is 18.5. The van der Waals surface area contributed by atoms with E-state index in [2.05, 4.69) is 18.8 Å². The first kappa shape index (κ1) is 29.0. The van der Waals surface area contributed by atoms with Gasteiger partial charge in [-0.2, -0.15) is 0 Å². The van der Waals surface area contributed by atoms with E-state index >= 15 is 0 Å². The summed E-state index contributed by atoms with van der Waals surface area (Å²) in [6, 6.07) is 17.8. The molecule has 0 saturated heterocycles. The van der Waals surface area contributed by atoms with Gasteiger partial charge in [-0.1, -0.05) is 61.6 Å². The van der Waals surface area contributed by atoms with E-state index in [1.54, 1.807) is 61.7 Å². The monoisotopic (exact) mass is 584 g/mol. The summed E-state index contributed by atoms with van der Waals surface area (Å²) in [7, 11) is 0. The largest absolute Gasteiger partial charge is 0.463 e. The Morgan fingerprint density at radius 3 is 2.43 bits per heavy atom. The van der Waals surface area contributed by atoms with E-state index < -0.39 is 18.0 Å². The summed E-state index contributed by atoms with van der Waals surface area (Å²) in [5.74, 6) is 0.457. The number of thiazole rings is 1. The molecule has 0 fully saturated rings. The predicted molar refractivity (Wildman–Crippen MR) is 161 cm³/mol. The first-order valence-electron chi connectivity index (χ1n) is 13.9. The molecular weight excluding hydrogens is 552 g/mol. The van der Waals surface area contributed by atoms with E-state index in [1.807, 2.05) is 30.3 Å². The number of carbonyl (C=O) groups is 2. The van der Waals surface area contributed by atoms with Crippen LogP contribution in [0.1, 0.15) is 73.8 Å². The highest BCUT2D eigenvalue weighted by Gasteiger charge is 2.33. The maximum Gasteiger partial charge on any atom is 0.338 e. The molecule has 0 N–H and O–H groups in total. The van der Waals surface area contributed by atoms with Crippen LogP contribution >= 0.6 is 11.3 Å². The summed E-state index contributed by atoms with van der Waals surface area (Å²) in [4.78, 5) is 44.3. The second-order valence-corrected chi connectivity index (χ2v) is 11.1. The third-order valence-corrected chi connectivity index (χ3v) is 7.98. The van der Waals surface area contributed by atoms with Crippen molar-refractivity contribution in [3.8, 4) is 11.3 Å². The number of aromatic nitrogens is 1. The number of carbonyl (C=O) groups excluding carboxylic acids is 2. The Labute approximate surface area is 247 Å². The molecule has 3 heterocycles. The molecule has 1 aliphatic heterocycles. The van der Waals surface area contributed by atoms with E-state index in [4.69, 9.17) is 13.9 Å². The van der Waals surface area contributed by atoms with Crippen LogP contribution in [-0.2, 0) is 14.3 Å².